The Labute approximate surface area is 189 Å². The van der Waals surface area contributed by atoms with E-state index in [1.807, 2.05) is 73.7 Å². The van der Waals surface area contributed by atoms with Crippen molar-refractivity contribution in [3.05, 3.63) is 83.4 Å². The summed E-state index contributed by atoms with van der Waals surface area (Å²) in [6.07, 6.45) is -0.519. The Kier molecular flexibility index (Phi) is 7.08. The summed E-state index contributed by atoms with van der Waals surface area (Å²) in [4.78, 5) is 39.2. The predicted octanol–water partition coefficient (Wildman–Crippen LogP) is 4.98. The van der Waals surface area contributed by atoms with E-state index in [1.165, 1.54) is 0 Å². The number of carbonyl (C=O) groups excluding carboxylic acids is 3. The van der Waals surface area contributed by atoms with Gasteiger partial charge in [-0.2, -0.15) is 0 Å². The number of nitrogens with zero attached hydrogens (tertiary/aromatic N) is 1. The summed E-state index contributed by atoms with van der Waals surface area (Å²) in [5.74, 6) is -2.22. The number of Topliss-reactive ketones (excluding diaryl/α,β-unsaturated/α-hetero) is 1. The molecule has 0 aliphatic heterocycles. The van der Waals surface area contributed by atoms with Gasteiger partial charge in [0.2, 0.25) is 11.7 Å². The van der Waals surface area contributed by atoms with Gasteiger partial charge < -0.3 is 9.64 Å². The van der Waals surface area contributed by atoms with Crippen LogP contribution in [-0.4, -0.2) is 28.2 Å². The lowest BCUT2D eigenvalue weighted by molar-refractivity contribution is -0.163. The maximum absolute atomic E-state index is 13.1. The van der Waals surface area contributed by atoms with Crippen molar-refractivity contribution in [2.24, 2.45) is 0 Å². The van der Waals surface area contributed by atoms with E-state index in [1.54, 1.807) is 25.7 Å². The number of amides is 1. The van der Waals surface area contributed by atoms with Crippen LogP contribution in [-0.2, 0) is 32.2 Å². The Balaban J connectivity index is 1.82. The van der Waals surface area contributed by atoms with Crippen molar-refractivity contribution in [1.29, 1.82) is 0 Å². The fraction of sp³-hybridized carbons (Fsp3) is 0.296. The van der Waals surface area contributed by atoms with Gasteiger partial charge in [0.05, 0.1) is 6.42 Å². The molecule has 0 saturated carbocycles. The number of fused-ring (bicyclic) bond motifs is 1. The van der Waals surface area contributed by atoms with E-state index in [4.69, 9.17) is 4.74 Å². The molecule has 0 aromatic heterocycles. The van der Waals surface area contributed by atoms with Crippen LogP contribution in [0.5, 0.6) is 0 Å². The van der Waals surface area contributed by atoms with Gasteiger partial charge in [0.1, 0.15) is 5.60 Å². The molecule has 0 unspecified atom stereocenters. The van der Waals surface area contributed by atoms with Gasteiger partial charge in [-0.1, -0.05) is 60.7 Å². The monoisotopic (exact) mass is 431 g/mol. The molecule has 0 N–H and O–H groups in total. The first kappa shape index (κ1) is 23.2. The van der Waals surface area contributed by atoms with Gasteiger partial charge in [-0.05, 0) is 61.2 Å². The van der Waals surface area contributed by atoms with E-state index in [0.717, 1.165) is 27.5 Å². The smallest absolute Gasteiger partial charge is 0.375 e. The standard InChI is InChI=1S/C27H29NO4/c1-19-9-5-6-12-23(19)18-28(25(30)16-24(29)26(31)32-27(2,3)4)17-20-13-14-21-10-7-8-11-22(21)15-20/h5-15H,16-18H2,1-4H3. The SMILES string of the molecule is Cc1ccccc1CN(Cc1ccc2ccccc2c1)C(=O)CC(=O)C(=O)OC(C)(C)C. The highest BCUT2D eigenvalue weighted by molar-refractivity contribution is 6.37. The van der Waals surface area contributed by atoms with Crippen molar-refractivity contribution in [3.63, 3.8) is 0 Å². The summed E-state index contributed by atoms with van der Waals surface area (Å²) in [5, 5.41) is 2.20. The average molecular weight is 432 g/mol. The molecule has 0 bridgehead atoms. The molecule has 0 heterocycles. The third-order valence-corrected chi connectivity index (χ3v) is 5.10. The first-order valence-electron chi connectivity index (χ1n) is 10.7. The Morgan fingerprint density at radius 2 is 1.50 bits per heavy atom. The second kappa shape index (κ2) is 9.77. The summed E-state index contributed by atoms with van der Waals surface area (Å²) in [6, 6.07) is 21.9. The normalized spacial score (nSPS) is 11.2. The quantitative estimate of drug-likeness (QED) is 0.301. The summed E-state index contributed by atoms with van der Waals surface area (Å²) >= 11 is 0. The van der Waals surface area contributed by atoms with Gasteiger partial charge in [-0.25, -0.2) is 4.79 Å². The van der Waals surface area contributed by atoms with Crippen LogP contribution in [0.4, 0.5) is 0 Å². The lowest BCUT2D eigenvalue weighted by Crippen LogP contribution is -2.35. The zero-order chi connectivity index (χ0) is 23.3. The fourth-order valence-electron chi connectivity index (χ4n) is 3.44. The second-order valence-electron chi connectivity index (χ2n) is 8.96. The maximum Gasteiger partial charge on any atom is 0.375 e. The highest BCUT2D eigenvalue weighted by atomic mass is 16.6. The molecule has 166 valence electrons. The van der Waals surface area contributed by atoms with E-state index >= 15 is 0 Å². The summed E-state index contributed by atoms with van der Waals surface area (Å²) < 4.78 is 5.12. The Bertz CT molecular complexity index is 1140. The number of ketones is 1. The predicted molar refractivity (Wildman–Crippen MR) is 125 cm³/mol. The minimum Gasteiger partial charge on any atom is -0.454 e. The molecule has 5 heteroatoms. The zero-order valence-electron chi connectivity index (χ0n) is 19.1. The molecular weight excluding hydrogens is 402 g/mol. The van der Waals surface area contributed by atoms with E-state index in [0.29, 0.717) is 13.1 Å². The van der Waals surface area contributed by atoms with Crippen LogP contribution in [0.15, 0.2) is 66.7 Å². The molecule has 0 saturated heterocycles. The van der Waals surface area contributed by atoms with Crippen LogP contribution in [0, 0.1) is 6.92 Å². The number of carbonyl (C=O) groups is 3. The van der Waals surface area contributed by atoms with Crippen molar-refractivity contribution >= 4 is 28.4 Å². The van der Waals surface area contributed by atoms with Crippen LogP contribution in [0.1, 0.15) is 43.9 Å². The molecule has 3 aromatic carbocycles. The van der Waals surface area contributed by atoms with Gasteiger partial charge in [-0.15, -0.1) is 0 Å². The number of esters is 1. The van der Waals surface area contributed by atoms with Crippen LogP contribution in [0.25, 0.3) is 10.8 Å². The van der Waals surface area contributed by atoms with Crippen molar-refractivity contribution < 1.29 is 19.1 Å². The zero-order valence-corrected chi connectivity index (χ0v) is 19.1. The molecule has 3 aromatic rings. The summed E-state index contributed by atoms with van der Waals surface area (Å²) in [7, 11) is 0. The van der Waals surface area contributed by atoms with Gasteiger partial charge in [0, 0.05) is 13.1 Å². The van der Waals surface area contributed by atoms with Gasteiger partial charge >= 0.3 is 5.97 Å². The topological polar surface area (TPSA) is 63.7 Å². The summed E-state index contributed by atoms with van der Waals surface area (Å²) in [5.41, 5.74) is 2.21. The Morgan fingerprint density at radius 1 is 0.844 bits per heavy atom. The van der Waals surface area contributed by atoms with Crippen molar-refractivity contribution in [2.75, 3.05) is 0 Å². The van der Waals surface area contributed by atoms with E-state index in [-0.39, 0.29) is 0 Å². The molecule has 0 fully saturated rings. The molecule has 0 atom stereocenters. The summed E-state index contributed by atoms with van der Waals surface area (Å²) in [6.45, 7) is 7.72. The number of benzene rings is 3. The second-order valence-corrected chi connectivity index (χ2v) is 8.96. The first-order valence-corrected chi connectivity index (χ1v) is 10.7. The molecule has 0 aliphatic rings. The van der Waals surface area contributed by atoms with Gasteiger partial charge in [0.15, 0.2) is 0 Å². The van der Waals surface area contributed by atoms with Crippen LogP contribution in [0.2, 0.25) is 0 Å². The maximum atomic E-state index is 13.1. The van der Waals surface area contributed by atoms with Crippen molar-refractivity contribution in [2.45, 2.75) is 52.8 Å². The van der Waals surface area contributed by atoms with E-state index in [9.17, 15) is 14.4 Å². The number of ether oxygens (including phenoxy) is 1. The average Bonchev–Trinajstić information content (AvgIpc) is 2.73. The molecule has 32 heavy (non-hydrogen) atoms. The van der Waals surface area contributed by atoms with Gasteiger partial charge in [-0.3, -0.25) is 9.59 Å². The largest absolute Gasteiger partial charge is 0.454 e. The highest BCUT2D eigenvalue weighted by Crippen LogP contribution is 2.19. The van der Waals surface area contributed by atoms with E-state index in [2.05, 4.69) is 0 Å². The lowest BCUT2D eigenvalue weighted by atomic mass is 10.0. The fourth-order valence-corrected chi connectivity index (χ4v) is 3.44. The molecule has 1 amide bonds. The number of hydrogen-bond acceptors (Lipinski definition) is 4. The number of rotatable bonds is 7. The third kappa shape index (κ3) is 6.27. The van der Waals surface area contributed by atoms with Gasteiger partial charge in [0.25, 0.3) is 0 Å². The highest BCUT2D eigenvalue weighted by Gasteiger charge is 2.27. The number of aryl methyl sites for hydroxylation is 1. The Hall–Kier alpha value is -3.47. The minimum atomic E-state index is -0.979. The van der Waals surface area contributed by atoms with Crippen LogP contribution >= 0.6 is 0 Å². The van der Waals surface area contributed by atoms with Crippen LogP contribution in [0.3, 0.4) is 0 Å². The van der Waals surface area contributed by atoms with Crippen LogP contribution < -0.4 is 0 Å². The number of hydrogen-bond donors (Lipinski definition) is 0. The molecule has 0 spiro atoms. The molecule has 3 rings (SSSR count). The molecule has 5 nitrogen and oxygen atoms in total. The lowest BCUT2D eigenvalue weighted by Gasteiger charge is -2.24. The van der Waals surface area contributed by atoms with E-state index < -0.39 is 29.7 Å². The molecule has 0 aliphatic carbocycles. The minimum absolute atomic E-state index is 0.333. The molecular formula is C27H29NO4. The Morgan fingerprint density at radius 3 is 2.19 bits per heavy atom. The van der Waals surface area contributed by atoms with Crippen molar-refractivity contribution in [1.82, 2.24) is 4.90 Å². The van der Waals surface area contributed by atoms with Crippen molar-refractivity contribution in [3.8, 4) is 0 Å². The third-order valence-electron chi connectivity index (χ3n) is 5.10. The molecule has 0 radical (unpaired) electrons. The first-order chi connectivity index (χ1) is 15.1.